The first-order valence-corrected chi connectivity index (χ1v) is 8.66. The number of amides is 1. The number of nitrogens with zero attached hydrogens (tertiary/aromatic N) is 2. The topological polar surface area (TPSA) is 56.1 Å². The predicted molar refractivity (Wildman–Crippen MR) is 101 cm³/mol. The SMILES string of the molecule is Cc1ccc(C)c(OCC(=O)NC(c2ccc(F)cc2)c2nccn2C)c1. The maximum absolute atomic E-state index is 13.3. The van der Waals surface area contributed by atoms with Gasteiger partial charge in [0.05, 0.1) is 0 Å². The number of hydrogen-bond donors (Lipinski definition) is 1. The van der Waals surface area contributed by atoms with Gasteiger partial charge in [0.25, 0.3) is 5.91 Å². The third kappa shape index (κ3) is 4.53. The van der Waals surface area contributed by atoms with Crippen molar-refractivity contribution in [2.45, 2.75) is 19.9 Å². The number of ether oxygens (including phenoxy) is 1. The Morgan fingerprint density at radius 1 is 1.22 bits per heavy atom. The summed E-state index contributed by atoms with van der Waals surface area (Å²) in [5.74, 6) is 0.720. The van der Waals surface area contributed by atoms with Crippen LogP contribution >= 0.6 is 0 Å². The molecule has 1 amide bonds. The fourth-order valence-electron chi connectivity index (χ4n) is 2.82. The van der Waals surface area contributed by atoms with E-state index in [4.69, 9.17) is 4.74 Å². The smallest absolute Gasteiger partial charge is 0.258 e. The Morgan fingerprint density at radius 3 is 2.63 bits per heavy atom. The summed E-state index contributed by atoms with van der Waals surface area (Å²) in [4.78, 5) is 16.8. The number of halogens is 1. The van der Waals surface area contributed by atoms with Gasteiger partial charge in [-0.25, -0.2) is 9.37 Å². The van der Waals surface area contributed by atoms with Crippen molar-refractivity contribution >= 4 is 5.91 Å². The molecule has 0 aliphatic heterocycles. The molecule has 3 rings (SSSR count). The largest absolute Gasteiger partial charge is 0.483 e. The van der Waals surface area contributed by atoms with Crippen molar-refractivity contribution in [1.29, 1.82) is 0 Å². The summed E-state index contributed by atoms with van der Waals surface area (Å²) >= 11 is 0. The van der Waals surface area contributed by atoms with Gasteiger partial charge in [0.2, 0.25) is 0 Å². The van der Waals surface area contributed by atoms with Crippen molar-refractivity contribution in [3.63, 3.8) is 0 Å². The first kappa shape index (κ1) is 18.6. The fourth-order valence-corrected chi connectivity index (χ4v) is 2.82. The summed E-state index contributed by atoms with van der Waals surface area (Å²) in [7, 11) is 1.84. The van der Waals surface area contributed by atoms with Crippen LogP contribution in [0.25, 0.3) is 0 Å². The number of imidazole rings is 1. The molecule has 3 aromatic rings. The lowest BCUT2D eigenvalue weighted by Crippen LogP contribution is -2.34. The van der Waals surface area contributed by atoms with E-state index in [9.17, 15) is 9.18 Å². The van der Waals surface area contributed by atoms with Crippen LogP contribution in [0, 0.1) is 19.7 Å². The molecule has 0 aliphatic rings. The number of rotatable bonds is 6. The third-order valence-electron chi connectivity index (χ3n) is 4.33. The van der Waals surface area contributed by atoms with E-state index in [0.29, 0.717) is 11.6 Å². The molecule has 6 heteroatoms. The minimum Gasteiger partial charge on any atom is -0.483 e. The van der Waals surface area contributed by atoms with Crippen molar-refractivity contribution in [3.05, 3.63) is 83.2 Å². The van der Waals surface area contributed by atoms with Gasteiger partial charge in [-0.15, -0.1) is 0 Å². The first-order valence-electron chi connectivity index (χ1n) is 8.66. The second-order valence-electron chi connectivity index (χ2n) is 6.51. The van der Waals surface area contributed by atoms with Gasteiger partial charge in [0, 0.05) is 19.4 Å². The van der Waals surface area contributed by atoms with Crippen LogP contribution in [0.3, 0.4) is 0 Å². The highest BCUT2D eigenvalue weighted by Gasteiger charge is 2.21. The Hall–Kier alpha value is -3.15. The lowest BCUT2D eigenvalue weighted by Gasteiger charge is -2.19. The molecule has 1 heterocycles. The van der Waals surface area contributed by atoms with Crippen molar-refractivity contribution < 1.29 is 13.9 Å². The summed E-state index contributed by atoms with van der Waals surface area (Å²) < 4.78 is 20.8. The molecule has 0 bridgehead atoms. The Bertz CT molecular complexity index is 935. The zero-order valence-corrected chi connectivity index (χ0v) is 15.6. The van der Waals surface area contributed by atoms with Crippen LogP contribution in [0.5, 0.6) is 5.75 Å². The van der Waals surface area contributed by atoms with Crippen molar-refractivity contribution in [2.24, 2.45) is 7.05 Å². The molecule has 0 spiro atoms. The molecule has 140 valence electrons. The van der Waals surface area contributed by atoms with Gasteiger partial charge in [-0.3, -0.25) is 4.79 Å². The van der Waals surface area contributed by atoms with Crippen molar-refractivity contribution in [1.82, 2.24) is 14.9 Å². The van der Waals surface area contributed by atoms with E-state index < -0.39 is 6.04 Å². The monoisotopic (exact) mass is 367 g/mol. The number of benzene rings is 2. The number of carbonyl (C=O) groups is 1. The molecule has 0 fully saturated rings. The van der Waals surface area contributed by atoms with E-state index in [0.717, 1.165) is 16.7 Å². The van der Waals surface area contributed by atoms with E-state index in [1.807, 2.05) is 43.7 Å². The minimum atomic E-state index is -0.500. The predicted octanol–water partition coefficient (Wildman–Crippen LogP) is 3.46. The quantitative estimate of drug-likeness (QED) is 0.726. The van der Waals surface area contributed by atoms with E-state index in [1.54, 1.807) is 24.5 Å². The van der Waals surface area contributed by atoms with Crippen LogP contribution in [0.15, 0.2) is 54.9 Å². The highest BCUT2D eigenvalue weighted by atomic mass is 19.1. The number of nitrogens with one attached hydrogen (secondary N) is 1. The maximum Gasteiger partial charge on any atom is 0.258 e. The van der Waals surface area contributed by atoms with E-state index in [1.165, 1.54) is 12.1 Å². The third-order valence-corrected chi connectivity index (χ3v) is 4.33. The van der Waals surface area contributed by atoms with Gasteiger partial charge in [-0.05, 0) is 48.7 Å². The van der Waals surface area contributed by atoms with Crippen LogP contribution in [-0.4, -0.2) is 22.1 Å². The fraction of sp³-hybridized carbons (Fsp3) is 0.238. The average molecular weight is 367 g/mol. The number of aryl methyl sites for hydroxylation is 3. The molecule has 0 saturated heterocycles. The summed E-state index contributed by atoms with van der Waals surface area (Å²) in [6.07, 6.45) is 3.45. The average Bonchev–Trinajstić information content (AvgIpc) is 3.07. The second kappa shape index (κ2) is 8.03. The lowest BCUT2D eigenvalue weighted by molar-refractivity contribution is -0.123. The van der Waals surface area contributed by atoms with Crippen molar-refractivity contribution in [2.75, 3.05) is 6.61 Å². The summed E-state index contributed by atoms with van der Waals surface area (Å²) in [6.45, 7) is 3.78. The molecule has 0 saturated carbocycles. The Kier molecular flexibility index (Phi) is 5.54. The maximum atomic E-state index is 13.3. The van der Waals surface area contributed by atoms with E-state index >= 15 is 0 Å². The van der Waals surface area contributed by atoms with Gasteiger partial charge in [0.1, 0.15) is 23.4 Å². The number of hydrogen-bond acceptors (Lipinski definition) is 3. The summed E-state index contributed by atoms with van der Waals surface area (Å²) in [6, 6.07) is 11.4. The molecule has 1 unspecified atom stereocenters. The number of aromatic nitrogens is 2. The van der Waals surface area contributed by atoms with Gasteiger partial charge in [-0.1, -0.05) is 24.3 Å². The molecule has 2 aromatic carbocycles. The van der Waals surface area contributed by atoms with Crippen LogP contribution < -0.4 is 10.1 Å². The molecule has 0 radical (unpaired) electrons. The molecular weight excluding hydrogens is 345 g/mol. The molecule has 0 aliphatic carbocycles. The van der Waals surface area contributed by atoms with Crippen LogP contribution in [-0.2, 0) is 11.8 Å². The van der Waals surface area contributed by atoms with Crippen LogP contribution in [0.4, 0.5) is 4.39 Å². The number of carbonyl (C=O) groups excluding carboxylic acids is 1. The molecule has 1 aromatic heterocycles. The minimum absolute atomic E-state index is 0.119. The Balaban J connectivity index is 1.75. The van der Waals surface area contributed by atoms with Gasteiger partial charge >= 0.3 is 0 Å². The lowest BCUT2D eigenvalue weighted by atomic mass is 10.1. The highest BCUT2D eigenvalue weighted by Crippen LogP contribution is 2.22. The molecule has 1 atom stereocenters. The zero-order chi connectivity index (χ0) is 19.4. The molecule has 1 N–H and O–H groups in total. The van der Waals surface area contributed by atoms with E-state index in [-0.39, 0.29) is 18.3 Å². The summed E-state index contributed by atoms with van der Waals surface area (Å²) in [5.41, 5.74) is 2.77. The van der Waals surface area contributed by atoms with Gasteiger partial charge in [-0.2, -0.15) is 0 Å². The molecule has 5 nitrogen and oxygen atoms in total. The second-order valence-corrected chi connectivity index (χ2v) is 6.51. The first-order chi connectivity index (χ1) is 12.9. The van der Waals surface area contributed by atoms with Crippen molar-refractivity contribution in [3.8, 4) is 5.75 Å². The Labute approximate surface area is 157 Å². The summed E-state index contributed by atoms with van der Waals surface area (Å²) in [5, 5.41) is 2.93. The molecule has 27 heavy (non-hydrogen) atoms. The van der Waals surface area contributed by atoms with E-state index in [2.05, 4.69) is 10.3 Å². The van der Waals surface area contributed by atoms with Gasteiger partial charge < -0.3 is 14.6 Å². The Morgan fingerprint density at radius 2 is 1.96 bits per heavy atom. The van der Waals surface area contributed by atoms with Gasteiger partial charge in [0.15, 0.2) is 6.61 Å². The normalized spacial score (nSPS) is 11.9. The van der Waals surface area contributed by atoms with Crippen LogP contribution in [0.2, 0.25) is 0 Å². The zero-order valence-electron chi connectivity index (χ0n) is 15.6. The van der Waals surface area contributed by atoms with Crippen LogP contribution in [0.1, 0.15) is 28.6 Å². The standard InChI is InChI=1S/C21H22FN3O2/c1-14-4-5-15(2)18(12-14)27-13-19(26)24-20(21-23-10-11-25(21)3)16-6-8-17(22)9-7-16/h4-12,20H,13H2,1-3H3,(H,24,26). The highest BCUT2D eigenvalue weighted by molar-refractivity contribution is 5.78. The molecular formula is C21H22FN3O2.